The van der Waals surface area contributed by atoms with E-state index in [0.717, 1.165) is 0 Å². The summed E-state index contributed by atoms with van der Waals surface area (Å²) in [6.07, 6.45) is 0. The van der Waals surface area contributed by atoms with Crippen LogP contribution in [0.4, 0.5) is 0 Å². The second-order valence-corrected chi connectivity index (χ2v) is 0. The van der Waals surface area contributed by atoms with Gasteiger partial charge < -0.3 is 98.6 Å². The van der Waals surface area contributed by atoms with Gasteiger partial charge in [0.2, 0.25) is 0 Å². The molecule has 30 heteroatoms. The summed E-state index contributed by atoms with van der Waals surface area (Å²) in [6.45, 7) is 0. The van der Waals surface area contributed by atoms with Crippen molar-refractivity contribution in [2.24, 2.45) is 0 Å². The summed E-state index contributed by atoms with van der Waals surface area (Å²) in [5, 5.41) is 0. The van der Waals surface area contributed by atoms with E-state index in [-0.39, 0.29) is 307 Å². The molecule has 144 valence electrons. The van der Waals surface area contributed by atoms with E-state index in [9.17, 15) is 0 Å². The van der Waals surface area contributed by atoms with Crippen LogP contribution in [0.15, 0.2) is 0 Å². The Hall–Kier alpha value is 5.67. The number of hydrogen-bond acceptors (Lipinski definition) is 0. The standard InChI is InChI=1S/12Al.18O/q12*+3;18*-2. The Labute approximate surface area is 303 Å². The first-order chi connectivity index (χ1) is 0. The molecule has 0 amide bonds. The van der Waals surface area contributed by atoms with Gasteiger partial charge in [-0.2, -0.15) is 0 Å². The molecule has 0 aliphatic carbocycles. The molecule has 0 aromatic carbocycles. The Bertz CT molecular complexity index is 29.1. The predicted octanol–water partition coefficient (Wildman–Crippen LogP) is -6.71. The van der Waals surface area contributed by atoms with Gasteiger partial charge in [0.15, 0.2) is 0 Å². The van der Waals surface area contributed by atoms with Crippen molar-refractivity contribution in [3.05, 3.63) is 0 Å². The maximum absolute atomic E-state index is 0. The molecule has 0 rings (SSSR count). The second-order valence-electron chi connectivity index (χ2n) is 0. The molecule has 0 N–H and O–H groups in total. The summed E-state index contributed by atoms with van der Waals surface area (Å²) in [5.74, 6) is 0. The van der Waals surface area contributed by atoms with Crippen LogP contribution in [-0.2, 0) is 98.6 Å². The Morgan fingerprint density at radius 2 is 0.0667 bits per heavy atom. The second kappa shape index (κ2) is 1220. The zero-order valence-corrected chi connectivity index (χ0v) is 28.1. The first kappa shape index (κ1) is 1330. The molecular weight excluding hydrogens is 612 g/mol. The topological polar surface area (TPSA) is 513 Å². The molecule has 0 aromatic rings. The largest absolute Gasteiger partial charge is 3.00 e. The summed E-state index contributed by atoms with van der Waals surface area (Å²) in [4.78, 5) is 0. The van der Waals surface area contributed by atoms with Crippen LogP contribution in [0.3, 0.4) is 0 Å². The van der Waals surface area contributed by atoms with Crippen LogP contribution in [0.2, 0.25) is 0 Å². The fourth-order valence-corrected chi connectivity index (χ4v) is 0. The molecule has 0 bridgehead atoms. The molecule has 0 heterocycles. The molecule has 0 saturated heterocycles. The van der Waals surface area contributed by atoms with Gasteiger partial charge >= 0.3 is 208 Å². The van der Waals surface area contributed by atoms with Crippen LogP contribution < -0.4 is 0 Å². The van der Waals surface area contributed by atoms with E-state index in [4.69, 9.17) is 0 Å². The van der Waals surface area contributed by atoms with E-state index < -0.39 is 0 Å². The van der Waals surface area contributed by atoms with Gasteiger partial charge in [-0.25, -0.2) is 0 Å². The molecular formula is Al12O18. The van der Waals surface area contributed by atoms with Crippen molar-refractivity contribution in [2.75, 3.05) is 0 Å². The summed E-state index contributed by atoms with van der Waals surface area (Å²) in [6, 6.07) is 0. The van der Waals surface area contributed by atoms with Gasteiger partial charge in [0.05, 0.1) is 0 Å². The zero-order valence-electron chi connectivity index (χ0n) is 14.3. The van der Waals surface area contributed by atoms with E-state index in [1.165, 1.54) is 0 Å². The van der Waals surface area contributed by atoms with Gasteiger partial charge in [-0.05, 0) is 0 Å². The molecule has 30 heavy (non-hydrogen) atoms. The van der Waals surface area contributed by atoms with Crippen LogP contribution in [-0.4, -0.2) is 208 Å². The minimum absolute atomic E-state index is 0. The average molecular weight is 612 g/mol. The van der Waals surface area contributed by atoms with Gasteiger partial charge in [0, 0.05) is 0 Å². The van der Waals surface area contributed by atoms with Crippen LogP contribution in [0.25, 0.3) is 0 Å². The third kappa shape index (κ3) is 1120. The molecule has 0 atom stereocenters. The maximum Gasteiger partial charge on any atom is 3.00 e. The van der Waals surface area contributed by atoms with Crippen LogP contribution in [0, 0.1) is 0 Å². The van der Waals surface area contributed by atoms with Crippen molar-refractivity contribution >= 4 is 208 Å². The van der Waals surface area contributed by atoms with Crippen molar-refractivity contribution in [3.63, 3.8) is 0 Å². The number of rotatable bonds is 0. The summed E-state index contributed by atoms with van der Waals surface area (Å²) in [7, 11) is 0. The minimum atomic E-state index is 0. The van der Waals surface area contributed by atoms with Gasteiger partial charge in [0.1, 0.15) is 0 Å². The first-order valence-electron chi connectivity index (χ1n) is 0. The van der Waals surface area contributed by atoms with Gasteiger partial charge in [-0.3, -0.25) is 0 Å². The van der Waals surface area contributed by atoms with E-state index >= 15 is 0 Å². The molecule has 0 aliphatic heterocycles. The fraction of sp³-hybridized carbons (Fsp3) is 0. The molecule has 0 aromatic heterocycles. The Kier molecular flexibility index (Phi) is 54400. The summed E-state index contributed by atoms with van der Waals surface area (Å²) < 4.78 is 0. The molecule has 18 nitrogen and oxygen atoms in total. The maximum atomic E-state index is 0. The molecule has 0 unspecified atom stereocenters. The van der Waals surface area contributed by atoms with Crippen LogP contribution in [0.1, 0.15) is 0 Å². The predicted molar refractivity (Wildman–Crippen MR) is 81.4 cm³/mol. The van der Waals surface area contributed by atoms with E-state index in [2.05, 4.69) is 0 Å². The summed E-state index contributed by atoms with van der Waals surface area (Å²) >= 11 is 0. The molecule has 0 radical (unpaired) electrons. The zero-order chi connectivity index (χ0) is 0. The SMILES string of the molecule is [Al+3].[Al+3].[Al+3].[Al+3].[Al+3].[Al+3].[Al+3].[Al+3].[Al+3].[Al+3].[Al+3].[Al+3].[O-2].[O-2].[O-2].[O-2].[O-2].[O-2].[O-2].[O-2].[O-2].[O-2].[O-2].[O-2].[O-2].[O-2].[O-2].[O-2].[O-2].[O-2]. The van der Waals surface area contributed by atoms with E-state index in [1.807, 2.05) is 0 Å². The van der Waals surface area contributed by atoms with Crippen LogP contribution >= 0.6 is 0 Å². The molecule has 0 saturated carbocycles. The normalized spacial score (nSPS) is 0. The van der Waals surface area contributed by atoms with Crippen molar-refractivity contribution in [2.45, 2.75) is 0 Å². The third-order valence-electron chi connectivity index (χ3n) is 0. The van der Waals surface area contributed by atoms with Gasteiger partial charge in [0.25, 0.3) is 0 Å². The van der Waals surface area contributed by atoms with Crippen molar-refractivity contribution in [1.82, 2.24) is 0 Å². The average Bonchev–Trinajstić information content (AvgIpc) is 0. The molecule has 0 spiro atoms. The monoisotopic (exact) mass is 612 g/mol. The van der Waals surface area contributed by atoms with Gasteiger partial charge in [-0.15, -0.1) is 0 Å². The summed E-state index contributed by atoms with van der Waals surface area (Å²) in [5.41, 5.74) is 0. The van der Waals surface area contributed by atoms with Crippen molar-refractivity contribution in [3.8, 4) is 0 Å². The minimum Gasteiger partial charge on any atom is -2.00 e. The van der Waals surface area contributed by atoms with E-state index in [0.29, 0.717) is 0 Å². The Balaban J connectivity index is 0. The third-order valence-corrected chi connectivity index (χ3v) is 0. The van der Waals surface area contributed by atoms with Gasteiger partial charge in [-0.1, -0.05) is 0 Å². The fourth-order valence-electron chi connectivity index (χ4n) is 0. The smallest absolute Gasteiger partial charge is 2.00 e. The Morgan fingerprint density at radius 1 is 0.0667 bits per heavy atom. The van der Waals surface area contributed by atoms with E-state index in [1.54, 1.807) is 0 Å². The van der Waals surface area contributed by atoms with Crippen molar-refractivity contribution < 1.29 is 98.6 Å². The van der Waals surface area contributed by atoms with Crippen LogP contribution in [0.5, 0.6) is 0 Å². The molecule has 0 fully saturated rings. The number of hydrogen-bond donors (Lipinski definition) is 0. The quantitative estimate of drug-likeness (QED) is 0.230. The Morgan fingerprint density at radius 3 is 0.0667 bits per heavy atom. The van der Waals surface area contributed by atoms with Crippen molar-refractivity contribution in [1.29, 1.82) is 0 Å². The molecule has 0 aliphatic rings. The first-order valence-corrected chi connectivity index (χ1v) is 0.